The van der Waals surface area contributed by atoms with Gasteiger partial charge in [-0.3, -0.25) is 0 Å². The lowest BCUT2D eigenvalue weighted by atomic mass is 10.2. The van der Waals surface area contributed by atoms with Crippen molar-refractivity contribution < 1.29 is 9.41 Å². The first-order chi connectivity index (χ1) is 8.43. The van der Waals surface area contributed by atoms with Gasteiger partial charge in [-0.25, -0.2) is 4.57 Å². The number of aryl methyl sites for hydroxylation is 1. The highest BCUT2D eigenvalue weighted by molar-refractivity contribution is 6.18. The zero-order valence-corrected chi connectivity index (χ0v) is 12.1. The highest BCUT2D eigenvalue weighted by Crippen LogP contribution is 2.23. The van der Waals surface area contributed by atoms with Crippen LogP contribution < -0.4 is 0 Å². The van der Waals surface area contributed by atoms with Gasteiger partial charge in [0, 0.05) is 0 Å². The van der Waals surface area contributed by atoms with Crippen molar-refractivity contribution in [2.75, 3.05) is 31.9 Å². The Bertz CT molecular complexity index is 414. The third-order valence-electron chi connectivity index (χ3n) is 3.09. The van der Waals surface area contributed by atoms with Crippen molar-refractivity contribution in [2.45, 2.75) is 6.54 Å². The van der Waals surface area contributed by atoms with E-state index in [9.17, 15) is 10.1 Å². The van der Waals surface area contributed by atoms with E-state index in [4.69, 9.17) is 23.2 Å². The molecule has 0 N–H and O–H groups in total. The molecule has 0 amide bonds. The van der Waals surface area contributed by atoms with E-state index < -0.39 is 0 Å². The summed E-state index contributed by atoms with van der Waals surface area (Å²) >= 11 is 11.6. The summed E-state index contributed by atoms with van der Waals surface area (Å²) < 4.78 is 2.14. The largest absolute Gasteiger partial charge is 0.358 e. The Labute approximate surface area is 117 Å². The minimum Gasteiger partial charge on any atom is -0.358 e. The maximum absolute atomic E-state index is 11.0. The summed E-state index contributed by atoms with van der Waals surface area (Å²) in [5.41, 5.74) is 0.722. The maximum Gasteiger partial charge on any atom is 0.331 e. The van der Waals surface area contributed by atoms with Gasteiger partial charge < -0.3 is 14.6 Å². The first-order valence-corrected chi connectivity index (χ1v) is 6.74. The van der Waals surface area contributed by atoms with Gasteiger partial charge >= 0.3 is 5.82 Å². The molecule has 0 aliphatic carbocycles. The molecule has 0 saturated carbocycles. The Balaban J connectivity index is 2.97. The highest BCUT2D eigenvalue weighted by Gasteiger charge is 2.27. The van der Waals surface area contributed by atoms with E-state index in [0.29, 0.717) is 22.8 Å². The molecule has 1 aromatic heterocycles. The van der Waals surface area contributed by atoms with E-state index >= 15 is 0 Å². The second kappa shape index (κ2) is 6.41. The van der Waals surface area contributed by atoms with Crippen LogP contribution >= 0.6 is 23.2 Å². The fourth-order valence-corrected chi connectivity index (χ4v) is 2.85. The summed E-state index contributed by atoms with van der Waals surface area (Å²) in [5, 5.41) is 11.0. The standard InChI is InChI=1S/C11H18Cl2N3O2/c1-14-6-3-10(11(14)15(17)18)9-16(2,7-4-12)8-5-13/h3,6H,4-5,7-9H2,1-2H3/q+1. The van der Waals surface area contributed by atoms with Gasteiger partial charge in [0.05, 0.1) is 45.1 Å². The predicted octanol–water partition coefficient (Wildman–Crippen LogP) is 2.36. The lowest BCUT2D eigenvalue weighted by Gasteiger charge is -2.32. The molecule has 1 aromatic rings. The minimum atomic E-state index is -0.346. The van der Waals surface area contributed by atoms with Crippen molar-refractivity contribution in [3.05, 3.63) is 27.9 Å². The van der Waals surface area contributed by atoms with Crippen LogP contribution in [0.15, 0.2) is 12.3 Å². The van der Waals surface area contributed by atoms with Crippen molar-refractivity contribution in [1.82, 2.24) is 4.57 Å². The summed E-state index contributed by atoms with van der Waals surface area (Å²) in [4.78, 5) is 10.7. The van der Waals surface area contributed by atoms with E-state index in [1.54, 1.807) is 19.3 Å². The van der Waals surface area contributed by atoms with Crippen LogP contribution in [0.1, 0.15) is 5.56 Å². The second-order valence-corrected chi connectivity index (χ2v) is 5.39. The van der Waals surface area contributed by atoms with Crippen LogP contribution in [0.5, 0.6) is 0 Å². The van der Waals surface area contributed by atoms with Gasteiger partial charge in [-0.15, -0.1) is 23.2 Å². The second-order valence-electron chi connectivity index (χ2n) is 4.64. The SMILES string of the molecule is Cn1ccc(C[N+](C)(CCCl)CCCl)c1[N+](=O)[O-]. The Kier molecular flexibility index (Phi) is 5.44. The molecule has 0 radical (unpaired) electrons. The molecule has 0 atom stereocenters. The molecule has 102 valence electrons. The van der Waals surface area contributed by atoms with E-state index in [0.717, 1.165) is 18.7 Å². The van der Waals surface area contributed by atoms with Crippen molar-refractivity contribution in [1.29, 1.82) is 0 Å². The van der Waals surface area contributed by atoms with Crippen LogP contribution in [0.2, 0.25) is 0 Å². The zero-order chi connectivity index (χ0) is 13.8. The molecule has 0 aromatic carbocycles. The number of hydrogen-bond acceptors (Lipinski definition) is 2. The average Bonchev–Trinajstić information content (AvgIpc) is 2.59. The van der Waals surface area contributed by atoms with E-state index in [2.05, 4.69) is 0 Å². The summed E-state index contributed by atoms with van der Waals surface area (Å²) in [6.45, 7) is 2.04. The van der Waals surface area contributed by atoms with E-state index in [1.807, 2.05) is 7.05 Å². The number of halogens is 2. The number of nitrogens with zero attached hydrogens (tertiary/aromatic N) is 3. The molecule has 5 nitrogen and oxygen atoms in total. The number of rotatable bonds is 7. The van der Waals surface area contributed by atoms with Gasteiger partial charge in [0.1, 0.15) is 12.1 Å². The molecule has 0 aliphatic rings. The fourth-order valence-electron chi connectivity index (χ4n) is 2.03. The molecular weight excluding hydrogens is 277 g/mol. The predicted molar refractivity (Wildman–Crippen MR) is 73.1 cm³/mol. The Hall–Kier alpha value is -0.780. The molecule has 7 heteroatoms. The first-order valence-electron chi connectivity index (χ1n) is 5.67. The third-order valence-corrected chi connectivity index (χ3v) is 3.43. The van der Waals surface area contributed by atoms with Gasteiger partial charge in [0.15, 0.2) is 0 Å². The molecule has 1 rings (SSSR count). The molecule has 0 bridgehead atoms. The van der Waals surface area contributed by atoms with Gasteiger partial charge in [-0.05, 0) is 11.0 Å². The molecule has 1 heterocycles. The number of nitro groups is 1. The zero-order valence-electron chi connectivity index (χ0n) is 10.6. The van der Waals surface area contributed by atoms with Crippen molar-refractivity contribution in [3.8, 4) is 0 Å². The monoisotopic (exact) mass is 294 g/mol. The van der Waals surface area contributed by atoms with Crippen LogP contribution in [0.3, 0.4) is 0 Å². The molecule has 0 fully saturated rings. The van der Waals surface area contributed by atoms with Gasteiger partial charge in [0.25, 0.3) is 0 Å². The maximum atomic E-state index is 11.0. The van der Waals surface area contributed by atoms with Crippen molar-refractivity contribution in [3.63, 3.8) is 0 Å². The Morgan fingerprint density at radius 1 is 1.39 bits per heavy atom. The van der Waals surface area contributed by atoms with Crippen LogP contribution in [-0.2, 0) is 13.6 Å². The molecule has 0 aliphatic heterocycles. The highest BCUT2D eigenvalue weighted by atomic mass is 35.5. The van der Waals surface area contributed by atoms with Gasteiger partial charge in [-0.2, -0.15) is 0 Å². The fraction of sp³-hybridized carbons (Fsp3) is 0.636. The van der Waals surface area contributed by atoms with E-state index in [-0.39, 0.29) is 10.7 Å². The van der Waals surface area contributed by atoms with Crippen LogP contribution in [-0.4, -0.2) is 45.9 Å². The summed E-state index contributed by atoms with van der Waals surface area (Å²) in [7, 11) is 3.69. The lowest BCUT2D eigenvalue weighted by molar-refractivity contribution is -0.918. The van der Waals surface area contributed by atoms with Crippen molar-refractivity contribution in [2.24, 2.45) is 7.05 Å². The molecule has 0 saturated heterocycles. The third kappa shape index (κ3) is 3.60. The smallest absolute Gasteiger partial charge is 0.331 e. The van der Waals surface area contributed by atoms with E-state index in [1.165, 1.54) is 4.57 Å². The van der Waals surface area contributed by atoms with Crippen LogP contribution in [0, 0.1) is 10.1 Å². The number of quaternary nitrogens is 1. The van der Waals surface area contributed by atoms with Crippen molar-refractivity contribution >= 4 is 29.0 Å². The summed E-state index contributed by atoms with van der Waals surface area (Å²) in [6.07, 6.45) is 1.71. The molecule has 0 unspecified atom stereocenters. The number of alkyl halides is 2. The number of aromatic nitrogens is 1. The molecule has 0 spiro atoms. The Morgan fingerprint density at radius 2 is 1.94 bits per heavy atom. The normalized spacial score (nSPS) is 11.8. The molecule has 18 heavy (non-hydrogen) atoms. The topological polar surface area (TPSA) is 48.1 Å². The van der Waals surface area contributed by atoms with Gasteiger partial charge in [0.2, 0.25) is 0 Å². The minimum absolute atomic E-state index is 0.142. The van der Waals surface area contributed by atoms with Crippen LogP contribution in [0.4, 0.5) is 5.82 Å². The Morgan fingerprint density at radius 3 is 2.39 bits per heavy atom. The summed E-state index contributed by atoms with van der Waals surface area (Å²) in [6, 6.07) is 1.79. The summed E-state index contributed by atoms with van der Waals surface area (Å²) in [5.74, 6) is 1.16. The van der Waals surface area contributed by atoms with Gasteiger partial charge in [-0.1, -0.05) is 0 Å². The number of hydrogen-bond donors (Lipinski definition) is 0. The lowest BCUT2D eigenvalue weighted by Crippen LogP contribution is -2.46. The first kappa shape index (κ1) is 15.3. The van der Waals surface area contributed by atoms with Crippen LogP contribution in [0.25, 0.3) is 0 Å². The quantitative estimate of drug-likeness (QED) is 0.335. The average molecular weight is 295 g/mol. The molecular formula is C11H18Cl2N3O2+.